The lowest BCUT2D eigenvalue weighted by Gasteiger charge is -2.34. The molecule has 0 radical (unpaired) electrons. The summed E-state index contributed by atoms with van der Waals surface area (Å²) in [6, 6.07) is 20.5. The molecule has 40 heavy (non-hydrogen) atoms. The molecule has 0 aromatic heterocycles. The van der Waals surface area contributed by atoms with E-state index in [0.717, 1.165) is 28.7 Å². The number of amides is 2. The first-order valence-electron chi connectivity index (χ1n) is 13.8. The molecule has 0 heterocycles. The van der Waals surface area contributed by atoms with Gasteiger partial charge in [0.15, 0.2) is 0 Å². The van der Waals surface area contributed by atoms with E-state index >= 15 is 0 Å². The minimum atomic E-state index is -4.09. The van der Waals surface area contributed by atoms with Crippen LogP contribution >= 0.6 is 0 Å². The lowest BCUT2D eigenvalue weighted by Crippen LogP contribution is -2.53. The van der Waals surface area contributed by atoms with Gasteiger partial charge in [0, 0.05) is 12.6 Å². The third-order valence-electron chi connectivity index (χ3n) is 7.05. The molecule has 1 N–H and O–H groups in total. The second-order valence-electron chi connectivity index (χ2n) is 10.4. The average molecular weight is 564 g/mol. The number of carbonyl (C=O) groups excluding carboxylic acids is 2. The summed E-state index contributed by atoms with van der Waals surface area (Å²) in [5.41, 5.74) is 4.05. The molecule has 0 spiro atoms. The summed E-state index contributed by atoms with van der Waals surface area (Å²) >= 11 is 0. The molecule has 0 aliphatic heterocycles. The number of benzene rings is 3. The minimum absolute atomic E-state index is 0.0531. The average Bonchev–Trinajstić information content (AvgIpc) is 2.92. The summed E-state index contributed by atoms with van der Waals surface area (Å²) in [6.45, 7) is 11.2. The van der Waals surface area contributed by atoms with Crippen LogP contribution in [0.25, 0.3) is 0 Å². The van der Waals surface area contributed by atoms with E-state index in [1.54, 1.807) is 24.3 Å². The Morgan fingerprint density at radius 3 is 2.12 bits per heavy atom. The van der Waals surface area contributed by atoms with E-state index in [0.29, 0.717) is 12.1 Å². The van der Waals surface area contributed by atoms with Crippen molar-refractivity contribution in [3.05, 3.63) is 95.1 Å². The maximum atomic E-state index is 14.2. The summed E-state index contributed by atoms with van der Waals surface area (Å²) < 4.78 is 29.1. The highest BCUT2D eigenvalue weighted by Crippen LogP contribution is 2.28. The molecule has 0 bridgehead atoms. The molecule has 3 aromatic carbocycles. The SMILES string of the molecule is CC[C@@H](C)NC(=O)[C@H](CC)N(Cc1cccc(C)c1)C(=O)CN(c1ccc(C)cc1C)S(=O)(=O)c1ccccc1. The molecule has 8 heteroatoms. The number of nitrogens with one attached hydrogen (secondary N) is 1. The van der Waals surface area contributed by atoms with Crippen LogP contribution in [0.1, 0.15) is 55.9 Å². The molecule has 3 rings (SSSR count). The van der Waals surface area contributed by atoms with Gasteiger partial charge in [0.05, 0.1) is 10.6 Å². The van der Waals surface area contributed by atoms with Gasteiger partial charge in [0.25, 0.3) is 10.0 Å². The fraction of sp³-hybridized carbons (Fsp3) is 0.375. The number of hydrogen-bond donors (Lipinski definition) is 1. The van der Waals surface area contributed by atoms with Crippen molar-refractivity contribution in [3.63, 3.8) is 0 Å². The van der Waals surface area contributed by atoms with Gasteiger partial charge in [0.1, 0.15) is 12.6 Å². The number of aryl methyl sites for hydroxylation is 3. The quantitative estimate of drug-likeness (QED) is 0.314. The van der Waals surface area contributed by atoms with E-state index in [1.807, 2.05) is 77.9 Å². The zero-order valence-electron chi connectivity index (χ0n) is 24.3. The molecular weight excluding hydrogens is 522 g/mol. The molecule has 214 valence electrons. The van der Waals surface area contributed by atoms with E-state index in [4.69, 9.17) is 0 Å². The molecule has 2 amide bonds. The normalized spacial score (nSPS) is 12.8. The fourth-order valence-electron chi connectivity index (χ4n) is 4.69. The largest absolute Gasteiger partial charge is 0.352 e. The Hall–Kier alpha value is -3.65. The molecule has 7 nitrogen and oxygen atoms in total. The Morgan fingerprint density at radius 1 is 0.850 bits per heavy atom. The summed E-state index contributed by atoms with van der Waals surface area (Å²) in [6.07, 6.45) is 1.14. The van der Waals surface area contributed by atoms with Gasteiger partial charge in [-0.1, -0.05) is 79.6 Å². The number of anilines is 1. The van der Waals surface area contributed by atoms with Gasteiger partial charge in [0.2, 0.25) is 11.8 Å². The summed E-state index contributed by atoms with van der Waals surface area (Å²) in [7, 11) is -4.09. The van der Waals surface area contributed by atoms with E-state index in [-0.39, 0.29) is 23.4 Å². The Balaban J connectivity index is 2.08. The highest BCUT2D eigenvalue weighted by atomic mass is 32.2. The van der Waals surface area contributed by atoms with Crippen LogP contribution in [0.15, 0.2) is 77.7 Å². The predicted octanol–water partition coefficient (Wildman–Crippen LogP) is 5.53. The van der Waals surface area contributed by atoms with Crippen molar-refractivity contribution in [1.82, 2.24) is 10.2 Å². The van der Waals surface area contributed by atoms with Crippen LogP contribution in [-0.4, -0.2) is 43.8 Å². The van der Waals surface area contributed by atoms with E-state index < -0.39 is 28.5 Å². The minimum Gasteiger partial charge on any atom is -0.352 e. The third kappa shape index (κ3) is 7.50. The Labute approximate surface area is 239 Å². The van der Waals surface area contributed by atoms with Crippen molar-refractivity contribution in [2.45, 2.75) is 77.9 Å². The van der Waals surface area contributed by atoms with Crippen LogP contribution in [0.5, 0.6) is 0 Å². The fourth-order valence-corrected chi connectivity index (χ4v) is 6.19. The molecule has 0 saturated heterocycles. The summed E-state index contributed by atoms with van der Waals surface area (Å²) in [4.78, 5) is 29.2. The smallest absolute Gasteiger partial charge is 0.264 e. The van der Waals surface area contributed by atoms with E-state index in [9.17, 15) is 18.0 Å². The van der Waals surface area contributed by atoms with Gasteiger partial charge in [-0.05, 0) is 69.9 Å². The van der Waals surface area contributed by atoms with Crippen molar-refractivity contribution >= 4 is 27.5 Å². The van der Waals surface area contributed by atoms with Gasteiger partial charge in [-0.2, -0.15) is 0 Å². The van der Waals surface area contributed by atoms with E-state index in [2.05, 4.69) is 5.32 Å². The number of carbonyl (C=O) groups is 2. The van der Waals surface area contributed by atoms with E-state index in [1.165, 1.54) is 21.3 Å². The predicted molar refractivity (Wildman–Crippen MR) is 161 cm³/mol. The standard InChI is InChI=1S/C32H41N3O4S/c1-7-26(6)33-32(37)29(8-2)34(21-27-14-12-13-23(3)20-27)31(36)22-35(30-18-17-24(4)19-25(30)5)40(38,39)28-15-10-9-11-16-28/h9-20,26,29H,7-8,21-22H2,1-6H3,(H,33,37)/t26-,29+/m1/s1. The molecule has 0 saturated carbocycles. The third-order valence-corrected chi connectivity index (χ3v) is 8.83. The Morgan fingerprint density at radius 2 is 1.52 bits per heavy atom. The molecule has 2 atom stereocenters. The zero-order chi connectivity index (χ0) is 29.4. The van der Waals surface area contributed by atoms with Crippen LogP contribution in [-0.2, 0) is 26.2 Å². The second-order valence-corrected chi connectivity index (χ2v) is 12.2. The molecule has 0 aliphatic carbocycles. The highest BCUT2D eigenvalue weighted by molar-refractivity contribution is 7.92. The number of rotatable bonds is 12. The van der Waals surface area contributed by atoms with Crippen LogP contribution in [0.2, 0.25) is 0 Å². The van der Waals surface area contributed by atoms with Crippen molar-refractivity contribution in [2.75, 3.05) is 10.8 Å². The lowest BCUT2D eigenvalue weighted by atomic mass is 10.1. The van der Waals surface area contributed by atoms with Crippen molar-refractivity contribution in [2.24, 2.45) is 0 Å². The van der Waals surface area contributed by atoms with Gasteiger partial charge in [-0.25, -0.2) is 8.42 Å². The van der Waals surface area contributed by atoms with Crippen LogP contribution in [0.4, 0.5) is 5.69 Å². The Bertz CT molecular complexity index is 1420. The van der Waals surface area contributed by atoms with Crippen LogP contribution < -0.4 is 9.62 Å². The molecule has 3 aromatic rings. The van der Waals surface area contributed by atoms with Crippen molar-refractivity contribution < 1.29 is 18.0 Å². The first-order chi connectivity index (χ1) is 19.0. The molecule has 0 fully saturated rings. The van der Waals surface area contributed by atoms with Crippen molar-refractivity contribution in [3.8, 4) is 0 Å². The molecule has 0 aliphatic rings. The van der Waals surface area contributed by atoms with Crippen molar-refractivity contribution in [1.29, 1.82) is 0 Å². The van der Waals surface area contributed by atoms with Gasteiger partial charge in [-0.15, -0.1) is 0 Å². The number of sulfonamides is 1. The topological polar surface area (TPSA) is 86.8 Å². The highest BCUT2D eigenvalue weighted by Gasteiger charge is 2.34. The van der Waals surface area contributed by atoms with Gasteiger partial charge >= 0.3 is 0 Å². The second kappa shape index (κ2) is 13.6. The Kier molecular flexibility index (Phi) is 10.5. The monoisotopic (exact) mass is 563 g/mol. The maximum Gasteiger partial charge on any atom is 0.264 e. The summed E-state index contributed by atoms with van der Waals surface area (Å²) in [5.74, 6) is -0.700. The van der Waals surface area contributed by atoms with Gasteiger partial charge in [-0.3, -0.25) is 13.9 Å². The number of hydrogen-bond acceptors (Lipinski definition) is 4. The lowest BCUT2D eigenvalue weighted by molar-refractivity contribution is -0.140. The van der Waals surface area contributed by atoms with Gasteiger partial charge < -0.3 is 10.2 Å². The first-order valence-corrected chi connectivity index (χ1v) is 15.2. The first kappa shape index (κ1) is 30.9. The number of nitrogens with zero attached hydrogens (tertiary/aromatic N) is 2. The van der Waals surface area contributed by atoms with Crippen LogP contribution in [0, 0.1) is 20.8 Å². The van der Waals surface area contributed by atoms with Crippen LogP contribution in [0.3, 0.4) is 0 Å². The zero-order valence-corrected chi connectivity index (χ0v) is 25.2. The molecule has 0 unspecified atom stereocenters. The molecular formula is C32H41N3O4S. The summed E-state index contributed by atoms with van der Waals surface area (Å²) in [5, 5.41) is 3.00. The maximum absolute atomic E-state index is 14.2.